The third-order valence-corrected chi connectivity index (χ3v) is 2.41. The van der Waals surface area contributed by atoms with Crippen LogP contribution in [-0.2, 0) is 11.3 Å². The molecule has 0 radical (unpaired) electrons. The van der Waals surface area contributed by atoms with Gasteiger partial charge >= 0.3 is 0 Å². The molecule has 0 aliphatic heterocycles. The van der Waals surface area contributed by atoms with Gasteiger partial charge in [-0.05, 0) is 5.56 Å². The van der Waals surface area contributed by atoms with E-state index in [-0.39, 0.29) is 12.5 Å². The molecule has 0 heterocycles. The summed E-state index contributed by atoms with van der Waals surface area (Å²) in [6, 6.07) is 9.81. The summed E-state index contributed by atoms with van der Waals surface area (Å²) in [5, 5.41) is 18.2. The second-order valence-electron chi connectivity index (χ2n) is 3.65. The highest BCUT2D eigenvalue weighted by molar-refractivity contribution is 5.13. The predicted molar refractivity (Wildman–Crippen MR) is 62.9 cm³/mol. The van der Waals surface area contributed by atoms with Gasteiger partial charge in [0.15, 0.2) is 0 Å². The molecule has 1 aromatic carbocycles. The minimum absolute atomic E-state index is 0.228. The van der Waals surface area contributed by atoms with E-state index in [2.05, 4.69) is 6.58 Å². The van der Waals surface area contributed by atoms with E-state index in [1.807, 2.05) is 30.3 Å². The first kappa shape index (κ1) is 12.9. The van der Waals surface area contributed by atoms with Crippen molar-refractivity contribution in [3.8, 4) is 0 Å². The fraction of sp³-hybridized carbons (Fsp3) is 0.385. The molecule has 1 aromatic rings. The predicted octanol–water partition coefficient (Wildman–Crippen LogP) is 1.36. The maximum absolute atomic E-state index is 9.41. The lowest BCUT2D eigenvalue weighted by Crippen LogP contribution is -2.26. The van der Waals surface area contributed by atoms with Gasteiger partial charge in [0.2, 0.25) is 0 Å². The van der Waals surface area contributed by atoms with Gasteiger partial charge < -0.3 is 14.9 Å². The molecule has 0 aromatic heterocycles. The fourth-order valence-corrected chi connectivity index (χ4v) is 1.36. The van der Waals surface area contributed by atoms with Gasteiger partial charge in [0.05, 0.1) is 25.9 Å². The van der Waals surface area contributed by atoms with E-state index in [9.17, 15) is 5.11 Å². The molecule has 0 aliphatic rings. The quantitative estimate of drug-likeness (QED) is 0.685. The van der Waals surface area contributed by atoms with Crippen molar-refractivity contribution in [1.82, 2.24) is 0 Å². The van der Waals surface area contributed by atoms with Gasteiger partial charge in [0.25, 0.3) is 0 Å². The minimum atomic E-state index is -0.798. The van der Waals surface area contributed by atoms with Crippen LogP contribution in [0, 0.1) is 5.92 Å². The smallest absolute Gasteiger partial charge is 0.0855 e. The van der Waals surface area contributed by atoms with E-state index in [1.54, 1.807) is 6.08 Å². The standard InChI is InChI=1S/C13H18O3/c1-2-12(13(15)8-14)10-16-9-11-6-4-3-5-7-11/h2-7,12-15H,1,8-10H2/t12-,13-/m1/s1. The molecule has 3 heteroatoms. The molecule has 0 spiro atoms. The van der Waals surface area contributed by atoms with Crippen LogP contribution in [0.4, 0.5) is 0 Å². The highest BCUT2D eigenvalue weighted by atomic mass is 16.5. The van der Waals surface area contributed by atoms with Crippen LogP contribution >= 0.6 is 0 Å². The molecule has 16 heavy (non-hydrogen) atoms. The summed E-state index contributed by atoms with van der Waals surface area (Å²) in [5.41, 5.74) is 1.09. The van der Waals surface area contributed by atoms with Crippen LogP contribution in [0.15, 0.2) is 43.0 Å². The van der Waals surface area contributed by atoms with E-state index >= 15 is 0 Å². The highest BCUT2D eigenvalue weighted by Crippen LogP contribution is 2.08. The molecule has 0 bridgehead atoms. The molecule has 0 saturated heterocycles. The Morgan fingerprint density at radius 3 is 2.56 bits per heavy atom. The lowest BCUT2D eigenvalue weighted by molar-refractivity contribution is 0.0126. The number of aliphatic hydroxyl groups is 2. The number of ether oxygens (including phenoxy) is 1. The van der Waals surface area contributed by atoms with Gasteiger partial charge in [-0.3, -0.25) is 0 Å². The minimum Gasteiger partial charge on any atom is -0.394 e. The first-order valence-corrected chi connectivity index (χ1v) is 5.31. The van der Waals surface area contributed by atoms with Crippen molar-refractivity contribution in [2.24, 2.45) is 5.92 Å². The molecular weight excluding hydrogens is 204 g/mol. The number of rotatable bonds is 7. The summed E-state index contributed by atoms with van der Waals surface area (Å²) >= 11 is 0. The Hall–Kier alpha value is -1.16. The maximum atomic E-state index is 9.41. The monoisotopic (exact) mass is 222 g/mol. The average Bonchev–Trinajstić information content (AvgIpc) is 2.35. The van der Waals surface area contributed by atoms with Gasteiger partial charge in [-0.25, -0.2) is 0 Å². The molecule has 1 rings (SSSR count). The topological polar surface area (TPSA) is 49.7 Å². The van der Waals surface area contributed by atoms with E-state index in [0.717, 1.165) is 5.56 Å². The molecule has 0 unspecified atom stereocenters. The Kier molecular flexibility index (Phi) is 5.78. The van der Waals surface area contributed by atoms with Gasteiger partial charge in [0.1, 0.15) is 0 Å². The molecule has 0 fully saturated rings. The Morgan fingerprint density at radius 1 is 1.31 bits per heavy atom. The molecule has 0 saturated carbocycles. The van der Waals surface area contributed by atoms with Gasteiger partial charge in [0, 0.05) is 5.92 Å². The zero-order valence-corrected chi connectivity index (χ0v) is 9.25. The molecule has 0 amide bonds. The molecule has 2 atom stereocenters. The Morgan fingerprint density at radius 2 is 2.00 bits per heavy atom. The van der Waals surface area contributed by atoms with Crippen LogP contribution in [0.5, 0.6) is 0 Å². The summed E-state index contributed by atoms with van der Waals surface area (Å²) in [7, 11) is 0. The lowest BCUT2D eigenvalue weighted by Gasteiger charge is -2.17. The van der Waals surface area contributed by atoms with Crippen LogP contribution < -0.4 is 0 Å². The van der Waals surface area contributed by atoms with Crippen molar-refractivity contribution >= 4 is 0 Å². The number of hydrogen-bond acceptors (Lipinski definition) is 3. The highest BCUT2D eigenvalue weighted by Gasteiger charge is 2.14. The Bertz CT molecular complexity index is 297. The number of benzene rings is 1. The normalized spacial score (nSPS) is 14.4. The van der Waals surface area contributed by atoms with Gasteiger partial charge in [-0.2, -0.15) is 0 Å². The van der Waals surface area contributed by atoms with Crippen molar-refractivity contribution in [2.45, 2.75) is 12.7 Å². The van der Waals surface area contributed by atoms with Crippen LogP contribution in [0.2, 0.25) is 0 Å². The summed E-state index contributed by atoms with van der Waals surface area (Å²) < 4.78 is 5.45. The van der Waals surface area contributed by atoms with Crippen LogP contribution in [-0.4, -0.2) is 29.5 Å². The zero-order valence-electron chi connectivity index (χ0n) is 9.25. The molecule has 3 nitrogen and oxygen atoms in total. The summed E-state index contributed by atoms with van der Waals surface area (Å²) in [6.07, 6.45) is 0.805. The molecule has 0 aliphatic carbocycles. The van der Waals surface area contributed by atoms with E-state index in [4.69, 9.17) is 9.84 Å². The van der Waals surface area contributed by atoms with Crippen molar-refractivity contribution in [2.75, 3.05) is 13.2 Å². The van der Waals surface area contributed by atoms with Crippen molar-refractivity contribution < 1.29 is 14.9 Å². The van der Waals surface area contributed by atoms with Crippen LogP contribution in [0.1, 0.15) is 5.56 Å². The van der Waals surface area contributed by atoms with Crippen LogP contribution in [0.3, 0.4) is 0 Å². The van der Waals surface area contributed by atoms with Crippen molar-refractivity contribution in [3.63, 3.8) is 0 Å². The SMILES string of the molecule is C=C[C@H](COCc1ccccc1)[C@H](O)CO. The Balaban J connectivity index is 2.31. The van der Waals surface area contributed by atoms with E-state index < -0.39 is 6.10 Å². The summed E-state index contributed by atoms with van der Waals surface area (Å²) in [6.45, 7) is 4.20. The first-order chi connectivity index (χ1) is 7.77. The maximum Gasteiger partial charge on any atom is 0.0855 e. The molecule has 88 valence electrons. The third kappa shape index (κ3) is 4.14. The number of aliphatic hydroxyl groups excluding tert-OH is 2. The van der Waals surface area contributed by atoms with Gasteiger partial charge in [-0.1, -0.05) is 36.4 Å². The average molecular weight is 222 g/mol. The fourth-order valence-electron chi connectivity index (χ4n) is 1.36. The molecule has 2 N–H and O–H groups in total. The zero-order chi connectivity index (χ0) is 11.8. The molecular formula is C13H18O3. The third-order valence-electron chi connectivity index (χ3n) is 2.41. The largest absolute Gasteiger partial charge is 0.394 e. The number of hydrogen-bond donors (Lipinski definition) is 2. The van der Waals surface area contributed by atoms with Crippen molar-refractivity contribution in [1.29, 1.82) is 0 Å². The first-order valence-electron chi connectivity index (χ1n) is 5.31. The summed E-state index contributed by atoms with van der Waals surface area (Å²) in [4.78, 5) is 0. The Labute approximate surface area is 96.0 Å². The summed E-state index contributed by atoms with van der Waals surface area (Å²) in [5.74, 6) is -0.228. The van der Waals surface area contributed by atoms with Crippen LogP contribution in [0.25, 0.3) is 0 Å². The lowest BCUT2D eigenvalue weighted by atomic mass is 10.0. The van der Waals surface area contributed by atoms with Gasteiger partial charge in [-0.15, -0.1) is 6.58 Å². The second-order valence-corrected chi connectivity index (χ2v) is 3.65. The van der Waals surface area contributed by atoms with E-state index in [0.29, 0.717) is 13.2 Å². The van der Waals surface area contributed by atoms with Crippen molar-refractivity contribution in [3.05, 3.63) is 48.6 Å². The second kappa shape index (κ2) is 7.17. The van der Waals surface area contributed by atoms with E-state index in [1.165, 1.54) is 0 Å².